The van der Waals surface area contributed by atoms with Crippen molar-refractivity contribution < 1.29 is 14.6 Å². The summed E-state index contributed by atoms with van der Waals surface area (Å²) in [6, 6.07) is 19.9. The molecule has 1 N–H and O–H groups in total. The molecule has 0 spiro atoms. The van der Waals surface area contributed by atoms with Crippen LogP contribution in [0.2, 0.25) is 0 Å². The Hall–Kier alpha value is -2.17. The number of amides is 1. The van der Waals surface area contributed by atoms with Gasteiger partial charge in [-0.25, -0.2) is 0 Å². The lowest BCUT2D eigenvalue weighted by Crippen LogP contribution is -2.41. The Morgan fingerprint density at radius 3 is 2.44 bits per heavy atom. The number of carbonyl (C=O) groups is 1. The highest BCUT2D eigenvalue weighted by Gasteiger charge is 2.35. The van der Waals surface area contributed by atoms with Crippen molar-refractivity contribution in [2.24, 2.45) is 5.92 Å². The van der Waals surface area contributed by atoms with Gasteiger partial charge in [0.25, 0.3) is 0 Å². The van der Waals surface area contributed by atoms with Crippen LogP contribution < -0.4 is 0 Å². The lowest BCUT2D eigenvalue weighted by Gasteiger charge is -2.35. The highest BCUT2D eigenvalue weighted by atomic mass is 16.5. The highest BCUT2D eigenvalue weighted by molar-refractivity contribution is 5.79. The molecule has 2 unspecified atom stereocenters. The largest absolute Gasteiger partial charge is 0.395 e. The fraction of sp³-hybridized carbons (Fsp3) is 0.381. The normalized spacial score (nSPS) is 20.2. The minimum atomic E-state index is -0.209. The van der Waals surface area contributed by atoms with E-state index in [1.54, 1.807) is 4.90 Å². The number of rotatable bonds is 6. The molecule has 1 aliphatic heterocycles. The van der Waals surface area contributed by atoms with Crippen LogP contribution in [-0.2, 0) is 16.1 Å². The van der Waals surface area contributed by atoms with Crippen LogP contribution in [0.1, 0.15) is 30.1 Å². The number of benzene rings is 2. The van der Waals surface area contributed by atoms with Crippen molar-refractivity contribution in [1.29, 1.82) is 0 Å². The zero-order valence-corrected chi connectivity index (χ0v) is 14.4. The zero-order valence-electron chi connectivity index (χ0n) is 14.4. The molecular weight excluding hydrogens is 314 g/mol. The zero-order chi connectivity index (χ0) is 17.5. The van der Waals surface area contributed by atoms with Gasteiger partial charge in [-0.3, -0.25) is 4.79 Å². The van der Waals surface area contributed by atoms with Crippen LogP contribution in [0.4, 0.5) is 0 Å². The molecule has 0 saturated carbocycles. The first-order valence-corrected chi connectivity index (χ1v) is 8.89. The van der Waals surface area contributed by atoms with Gasteiger partial charge in [-0.2, -0.15) is 0 Å². The first kappa shape index (κ1) is 17.6. The first-order chi connectivity index (χ1) is 12.3. The van der Waals surface area contributed by atoms with Gasteiger partial charge in [-0.05, 0) is 24.0 Å². The van der Waals surface area contributed by atoms with E-state index < -0.39 is 0 Å². The minimum Gasteiger partial charge on any atom is -0.395 e. The van der Waals surface area contributed by atoms with E-state index in [0.717, 1.165) is 24.0 Å². The van der Waals surface area contributed by atoms with E-state index >= 15 is 0 Å². The summed E-state index contributed by atoms with van der Waals surface area (Å²) in [6.07, 6.45) is 1.49. The third-order valence-corrected chi connectivity index (χ3v) is 4.67. The molecule has 1 fully saturated rings. The fourth-order valence-electron chi connectivity index (χ4n) is 3.43. The average molecular weight is 339 g/mol. The van der Waals surface area contributed by atoms with Crippen molar-refractivity contribution in [1.82, 2.24) is 4.90 Å². The predicted molar refractivity (Wildman–Crippen MR) is 96.8 cm³/mol. The SMILES string of the molecule is O=C(C1CCCOC1c1ccccc1)N(CCO)Cc1ccccc1. The third kappa shape index (κ3) is 4.47. The second-order valence-corrected chi connectivity index (χ2v) is 6.42. The maximum atomic E-state index is 13.2. The van der Waals surface area contributed by atoms with Gasteiger partial charge in [-0.15, -0.1) is 0 Å². The lowest BCUT2D eigenvalue weighted by molar-refractivity contribution is -0.146. The Bertz CT molecular complexity index is 659. The average Bonchev–Trinajstić information content (AvgIpc) is 2.68. The van der Waals surface area contributed by atoms with Crippen LogP contribution in [0.15, 0.2) is 60.7 Å². The van der Waals surface area contributed by atoms with Gasteiger partial charge in [0.05, 0.1) is 18.6 Å². The molecule has 2 aromatic rings. The molecule has 2 atom stereocenters. The lowest BCUT2D eigenvalue weighted by atomic mass is 9.88. The van der Waals surface area contributed by atoms with E-state index in [4.69, 9.17) is 4.74 Å². The minimum absolute atomic E-state index is 0.0395. The summed E-state index contributed by atoms with van der Waals surface area (Å²) < 4.78 is 5.97. The van der Waals surface area contributed by atoms with E-state index in [0.29, 0.717) is 19.7 Å². The molecule has 4 nitrogen and oxygen atoms in total. The standard InChI is InChI=1S/C21H25NO3/c23-14-13-22(16-17-8-3-1-4-9-17)21(24)19-12-7-15-25-20(19)18-10-5-2-6-11-18/h1-6,8-11,19-20,23H,7,12-16H2. The van der Waals surface area contributed by atoms with Gasteiger partial charge < -0.3 is 14.7 Å². The number of aliphatic hydroxyl groups is 1. The molecule has 1 saturated heterocycles. The highest BCUT2D eigenvalue weighted by Crippen LogP contribution is 2.35. The van der Waals surface area contributed by atoms with Gasteiger partial charge >= 0.3 is 0 Å². The molecule has 3 rings (SSSR count). The molecule has 0 aromatic heterocycles. The molecule has 1 heterocycles. The number of hydrogen-bond donors (Lipinski definition) is 1. The summed E-state index contributed by atoms with van der Waals surface area (Å²) in [5.74, 6) is -0.141. The Balaban J connectivity index is 1.79. The van der Waals surface area contributed by atoms with Gasteiger partial charge in [0, 0.05) is 19.7 Å². The van der Waals surface area contributed by atoms with Crippen molar-refractivity contribution in [2.45, 2.75) is 25.5 Å². The van der Waals surface area contributed by atoms with E-state index in [1.165, 1.54) is 0 Å². The predicted octanol–water partition coefficient (Wildman–Crippen LogP) is 3.18. The van der Waals surface area contributed by atoms with E-state index in [2.05, 4.69) is 0 Å². The topological polar surface area (TPSA) is 49.8 Å². The Labute approximate surface area is 149 Å². The molecule has 0 radical (unpaired) electrons. The number of nitrogens with zero attached hydrogens (tertiary/aromatic N) is 1. The number of ether oxygens (including phenoxy) is 1. The van der Waals surface area contributed by atoms with Gasteiger partial charge in [0.2, 0.25) is 5.91 Å². The molecule has 0 bridgehead atoms. The van der Waals surface area contributed by atoms with Crippen LogP contribution in [0, 0.1) is 5.92 Å². The number of aliphatic hydroxyl groups excluding tert-OH is 1. The van der Waals surface area contributed by atoms with Crippen LogP contribution in [-0.4, -0.2) is 35.7 Å². The second-order valence-electron chi connectivity index (χ2n) is 6.42. The summed E-state index contributed by atoms with van der Waals surface area (Å²) in [5, 5.41) is 9.42. The van der Waals surface area contributed by atoms with E-state index in [9.17, 15) is 9.90 Å². The van der Waals surface area contributed by atoms with E-state index in [1.807, 2.05) is 60.7 Å². The van der Waals surface area contributed by atoms with Crippen molar-refractivity contribution >= 4 is 5.91 Å². The third-order valence-electron chi connectivity index (χ3n) is 4.67. The van der Waals surface area contributed by atoms with Crippen LogP contribution in [0.5, 0.6) is 0 Å². The smallest absolute Gasteiger partial charge is 0.229 e. The number of carbonyl (C=O) groups excluding carboxylic acids is 1. The summed E-state index contributed by atoms with van der Waals surface area (Å²) >= 11 is 0. The Morgan fingerprint density at radius 1 is 1.08 bits per heavy atom. The van der Waals surface area contributed by atoms with Gasteiger partial charge in [-0.1, -0.05) is 60.7 Å². The molecule has 0 aliphatic carbocycles. The molecule has 1 amide bonds. The summed E-state index contributed by atoms with van der Waals surface area (Å²) in [4.78, 5) is 15.0. The molecule has 4 heteroatoms. The van der Waals surface area contributed by atoms with Crippen molar-refractivity contribution in [3.05, 3.63) is 71.8 Å². The van der Waals surface area contributed by atoms with Crippen LogP contribution >= 0.6 is 0 Å². The molecular formula is C21H25NO3. The fourth-order valence-corrected chi connectivity index (χ4v) is 3.43. The van der Waals surface area contributed by atoms with Gasteiger partial charge in [0.1, 0.15) is 0 Å². The first-order valence-electron chi connectivity index (χ1n) is 8.89. The second kappa shape index (κ2) is 8.79. The van der Waals surface area contributed by atoms with Gasteiger partial charge in [0.15, 0.2) is 0 Å². The maximum Gasteiger partial charge on any atom is 0.229 e. The molecule has 25 heavy (non-hydrogen) atoms. The monoisotopic (exact) mass is 339 g/mol. The number of hydrogen-bond acceptors (Lipinski definition) is 3. The quantitative estimate of drug-likeness (QED) is 0.879. The Morgan fingerprint density at radius 2 is 1.76 bits per heavy atom. The van der Waals surface area contributed by atoms with E-state index in [-0.39, 0.29) is 24.5 Å². The molecule has 1 aliphatic rings. The van der Waals surface area contributed by atoms with Crippen LogP contribution in [0.25, 0.3) is 0 Å². The molecule has 132 valence electrons. The summed E-state index contributed by atoms with van der Waals surface area (Å²) in [6.45, 7) is 1.49. The van der Waals surface area contributed by atoms with Crippen molar-refractivity contribution in [3.8, 4) is 0 Å². The maximum absolute atomic E-state index is 13.2. The summed E-state index contributed by atoms with van der Waals surface area (Å²) in [7, 11) is 0. The molecule has 2 aromatic carbocycles. The van der Waals surface area contributed by atoms with Crippen molar-refractivity contribution in [3.63, 3.8) is 0 Å². The summed E-state index contributed by atoms with van der Waals surface area (Å²) in [5.41, 5.74) is 2.11. The Kier molecular flexibility index (Phi) is 6.20. The van der Waals surface area contributed by atoms with Crippen LogP contribution in [0.3, 0.4) is 0 Å². The van der Waals surface area contributed by atoms with Crippen molar-refractivity contribution in [2.75, 3.05) is 19.8 Å².